The Labute approximate surface area is 139 Å². The first-order valence-electron chi connectivity index (χ1n) is 7.06. The Morgan fingerprint density at radius 1 is 1.04 bits per heavy atom. The lowest BCUT2D eigenvalue weighted by Gasteiger charge is -2.09. The van der Waals surface area contributed by atoms with Crippen molar-refractivity contribution in [1.29, 1.82) is 0 Å². The first-order valence-corrected chi connectivity index (χ1v) is 7.06. The summed E-state index contributed by atoms with van der Waals surface area (Å²) in [6.07, 6.45) is 0. The average molecular weight is 348 g/mol. The number of anilines is 1. The van der Waals surface area contributed by atoms with Gasteiger partial charge in [-0.1, -0.05) is 6.07 Å². The number of nitrogens with one attached hydrogen (secondary N) is 2. The number of aromatic nitrogens is 4. The third-order valence-electron chi connectivity index (χ3n) is 3.21. The second kappa shape index (κ2) is 6.99. The maximum atomic E-state index is 13.5. The molecule has 1 heterocycles. The van der Waals surface area contributed by atoms with Crippen LogP contribution in [0.2, 0.25) is 0 Å². The number of urea groups is 1. The van der Waals surface area contributed by atoms with Gasteiger partial charge in [0, 0.05) is 0 Å². The summed E-state index contributed by atoms with van der Waals surface area (Å²) in [5.41, 5.74) is -0.0677. The number of tetrazole rings is 1. The lowest BCUT2D eigenvalue weighted by atomic mass is 10.3. The van der Waals surface area contributed by atoms with Crippen LogP contribution in [0, 0.1) is 17.5 Å². The highest BCUT2D eigenvalue weighted by Gasteiger charge is 2.13. The van der Waals surface area contributed by atoms with Gasteiger partial charge in [-0.15, -0.1) is 5.10 Å². The number of rotatable bonds is 4. The Hall–Kier alpha value is -3.43. The van der Waals surface area contributed by atoms with Crippen molar-refractivity contribution in [2.24, 2.45) is 0 Å². The highest BCUT2D eigenvalue weighted by Crippen LogP contribution is 2.17. The first kappa shape index (κ1) is 16.4. The van der Waals surface area contributed by atoms with Crippen molar-refractivity contribution in [2.45, 2.75) is 6.54 Å². The lowest BCUT2D eigenvalue weighted by molar-refractivity contribution is 0.251. The third-order valence-corrected chi connectivity index (χ3v) is 3.21. The van der Waals surface area contributed by atoms with Crippen molar-refractivity contribution in [2.75, 3.05) is 5.32 Å². The minimum Gasteiger partial charge on any atom is -0.330 e. The zero-order valence-corrected chi connectivity index (χ0v) is 12.6. The van der Waals surface area contributed by atoms with E-state index < -0.39 is 29.2 Å². The van der Waals surface area contributed by atoms with E-state index in [0.29, 0.717) is 5.69 Å². The highest BCUT2D eigenvalue weighted by atomic mass is 19.1. The summed E-state index contributed by atoms with van der Waals surface area (Å²) >= 11 is 0. The van der Waals surface area contributed by atoms with Gasteiger partial charge in [0.05, 0.1) is 12.2 Å². The number of carbonyl (C=O) groups is 1. The fourth-order valence-electron chi connectivity index (χ4n) is 2.03. The molecule has 1 aromatic heterocycles. The standard InChI is InChI=1S/C15H11F3N6O/c16-9-4-6-10(7-5-9)24-13(21-22-23-24)8-19-15(25)20-14-11(17)2-1-3-12(14)18/h1-7H,8H2,(H2,19,20,25). The van der Waals surface area contributed by atoms with Crippen molar-refractivity contribution in [3.05, 3.63) is 65.7 Å². The Morgan fingerprint density at radius 2 is 1.72 bits per heavy atom. The topological polar surface area (TPSA) is 84.7 Å². The molecular formula is C15H11F3N6O. The second-order valence-electron chi connectivity index (χ2n) is 4.89. The molecule has 0 fully saturated rings. The third kappa shape index (κ3) is 3.74. The summed E-state index contributed by atoms with van der Waals surface area (Å²) in [4.78, 5) is 11.8. The van der Waals surface area contributed by atoms with E-state index in [1.54, 1.807) is 0 Å². The van der Waals surface area contributed by atoms with E-state index in [9.17, 15) is 18.0 Å². The average Bonchev–Trinajstić information content (AvgIpc) is 3.06. The summed E-state index contributed by atoms with van der Waals surface area (Å²) in [6.45, 7) is -0.119. The molecule has 2 N–H and O–H groups in total. The molecule has 0 bridgehead atoms. The van der Waals surface area contributed by atoms with Crippen LogP contribution in [0.1, 0.15) is 5.82 Å². The van der Waals surface area contributed by atoms with E-state index in [-0.39, 0.29) is 12.4 Å². The summed E-state index contributed by atoms with van der Waals surface area (Å²) in [7, 11) is 0. The molecule has 7 nitrogen and oxygen atoms in total. The molecule has 0 saturated carbocycles. The molecule has 10 heteroatoms. The number of halogens is 3. The number of amides is 2. The maximum absolute atomic E-state index is 13.5. The van der Waals surface area contributed by atoms with Crippen LogP contribution in [0.4, 0.5) is 23.7 Å². The van der Waals surface area contributed by atoms with Gasteiger partial charge in [-0.25, -0.2) is 18.0 Å². The zero-order valence-electron chi connectivity index (χ0n) is 12.6. The minimum atomic E-state index is -0.897. The predicted molar refractivity (Wildman–Crippen MR) is 81.3 cm³/mol. The number of hydrogen-bond acceptors (Lipinski definition) is 4. The zero-order chi connectivity index (χ0) is 17.8. The van der Waals surface area contributed by atoms with E-state index in [1.807, 2.05) is 0 Å². The Morgan fingerprint density at radius 3 is 2.40 bits per heavy atom. The highest BCUT2D eigenvalue weighted by molar-refractivity contribution is 5.89. The van der Waals surface area contributed by atoms with E-state index in [2.05, 4.69) is 26.2 Å². The van der Waals surface area contributed by atoms with Gasteiger partial charge in [-0.3, -0.25) is 0 Å². The molecule has 0 unspecified atom stereocenters. The van der Waals surface area contributed by atoms with Crippen molar-refractivity contribution in [3.8, 4) is 5.69 Å². The molecule has 2 aromatic carbocycles. The Bertz CT molecular complexity index is 876. The summed E-state index contributed by atoms with van der Waals surface area (Å²) in [5.74, 6) is -1.96. The summed E-state index contributed by atoms with van der Waals surface area (Å²) in [6, 6.07) is 7.79. The van der Waals surface area contributed by atoms with Gasteiger partial charge in [0.2, 0.25) is 0 Å². The maximum Gasteiger partial charge on any atom is 0.319 e. The molecule has 0 aliphatic rings. The normalized spacial score (nSPS) is 10.5. The van der Waals surface area contributed by atoms with Gasteiger partial charge in [-0.2, -0.15) is 4.68 Å². The van der Waals surface area contributed by atoms with Crippen molar-refractivity contribution < 1.29 is 18.0 Å². The lowest BCUT2D eigenvalue weighted by Crippen LogP contribution is -2.30. The van der Waals surface area contributed by atoms with Crippen molar-refractivity contribution in [1.82, 2.24) is 25.5 Å². The number of para-hydroxylation sites is 1. The van der Waals surface area contributed by atoms with Crippen LogP contribution in [0.5, 0.6) is 0 Å². The van der Waals surface area contributed by atoms with Gasteiger partial charge in [0.15, 0.2) is 5.82 Å². The van der Waals surface area contributed by atoms with Crippen molar-refractivity contribution >= 4 is 11.7 Å². The Balaban J connectivity index is 1.67. The van der Waals surface area contributed by atoms with E-state index in [0.717, 1.165) is 12.1 Å². The van der Waals surface area contributed by atoms with Crippen LogP contribution in [0.15, 0.2) is 42.5 Å². The first-order chi connectivity index (χ1) is 12.0. The molecule has 0 aliphatic heterocycles. The molecular weight excluding hydrogens is 337 g/mol. The number of hydrogen-bond donors (Lipinski definition) is 2. The van der Waals surface area contributed by atoms with Crippen LogP contribution in [0.25, 0.3) is 5.69 Å². The van der Waals surface area contributed by atoms with Gasteiger partial charge < -0.3 is 10.6 Å². The Kier molecular flexibility index (Phi) is 4.59. The van der Waals surface area contributed by atoms with Crippen LogP contribution in [-0.2, 0) is 6.54 Å². The number of carbonyl (C=O) groups excluding carboxylic acids is 1. The molecule has 0 radical (unpaired) electrons. The van der Waals surface area contributed by atoms with Gasteiger partial charge >= 0.3 is 6.03 Å². The van der Waals surface area contributed by atoms with Gasteiger partial charge in [0.25, 0.3) is 0 Å². The van der Waals surface area contributed by atoms with Gasteiger partial charge in [-0.05, 0) is 46.8 Å². The summed E-state index contributed by atoms with van der Waals surface area (Å²) < 4.78 is 41.2. The van der Waals surface area contributed by atoms with Crippen LogP contribution >= 0.6 is 0 Å². The molecule has 0 saturated heterocycles. The van der Waals surface area contributed by atoms with Crippen LogP contribution in [-0.4, -0.2) is 26.2 Å². The number of nitrogens with zero attached hydrogens (tertiary/aromatic N) is 4. The van der Waals surface area contributed by atoms with Crippen LogP contribution < -0.4 is 10.6 Å². The van der Waals surface area contributed by atoms with E-state index in [4.69, 9.17) is 0 Å². The van der Waals surface area contributed by atoms with E-state index >= 15 is 0 Å². The summed E-state index contributed by atoms with van der Waals surface area (Å²) in [5, 5.41) is 15.5. The SMILES string of the molecule is O=C(NCc1nnnn1-c1ccc(F)cc1)Nc1c(F)cccc1F. The fraction of sp³-hybridized carbons (Fsp3) is 0.0667. The van der Waals surface area contributed by atoms with E-state index in [1.165, 1.54) is 35.0 Å². The molecule has 25 heavy (non-hydrogen) atoms. The fourth-order valence-corrected chi connectivity index (χ4v) is 2.03. The smallest absolute Gasteiger partial charge is 0.319 e. The monoisotopic (exact) mass is 348 g/mol. The quantitative estimate of drug-likeness (QED) is 0.758. The van der Waals surface area contributed by atoms with Crippen LogP contribution in [0.3, 0.4) is 0 Å². The number of benzene rings is 2. The molecule has 0 atom stereocenters. The molecule has 2 amide bonds. The second-order valence-corrected chi connectivity index (χ2v) is 4.89. The largest absolute Gasteiger partial charge is 0.330 e. The molecule has 0 aliphatic carbocycles. The van der Waals surface area contributed by atoms with Gasteiger partial charge in [0.1, 0.15) is 23.1 Å². The molecule has 3 aromatic rings. The molecule has 0 spiro atoms. The minimum absolute atomic E-state index is 0.119. The molecule has 128 valence electrons. The molecule has 3 rings (SSSR count). The van der Waals surface area contributed by atoms with Crippen molar-refractivity contribution in [3.63, 3.8) is 0 Å². The predicted octanol–water partition coefficient (Wildman–Crippen LogP) is 2.40.